The molecule has 0 aliphatic carbocycles. The first kappa shape index (κ1) is 22.4. The normalized spacial score (nSPS) is 15.0. The second-order valence-corrected chi connectivity index (χ2v) is 9.90. The molecule has 0 aromatic carbocycles. The average molecular weight is 538 g/mol. The Morgan fingerprint density at radius 2 is 1.50 bits per heavy atom. The Morgan fingerprint density at radius 3 is 2.00 bits per heavy atom. The van der Waals surface area contributed by atoms with Crippen LogP contribution in [0.2, 0.25) is 0 Å². The Labute approximate surface area is 161 Å². The van der Waals surface area contributed by atoms with E-state index in [1.165, 1.54) is 0 Å². The zero-order chi connectivity index (χ0) is 17.0. The third kappa shape index (κ3) is 14.0. The molecule has 3 atom stereocenters. The van der Waals surface area contributed by atoms with Gasteiger partial charge in [0.25, 0.3) is 0 Å². The Balaban J connectivity index is 3.69. The number of hydrogen-bond donors (Lipinski definition) is 0. The highest BCUT2D eigenvalue weighted by Crippen LogP contribution is 2.15. The molecule has 0 aliphatic heterocycles. The lowest BCUT2D eigenvalue weighted by Crippen LogP contribution is -2.16. The fourth-order valence-electron chi connectivity index (χ4n) is 1.91. The third-order valence-corrected chi connectivity index (χ3v) is 4.10. The summed E-state index contributed by atoms with van der Waals surface area (Å²) in [6.07, 6.45) is 4.82. The van der Waals surface area contributed by atoms with Crippen LogP contribution in [0.5, 0.6) is 0 Å². The molecule has 0 aromatic rings. The van der Waals surface area contributed by atoms with Gasteiger partial charge < -0.3 is 9.47 Å². The van der Waals surface area contributed by atoms with Crippen LogP contribution in [-0.2, 0) is 19.1 Å². The summed E-state index contributed by atoms with van der Waals surface area (Å²) < 4.78 is 11.1. The fourth-order valence-corrected chi connectivity index (χ4v) is 2.63. The summed E-state index contributed by atoms with van der Waals surface area (Å²) in [6, 6.07) is 0. The first-order valence-corrected chi connectivity index (χ1v) is 10.4. The van der Waals surface area contributed by atoms with Crippen LogP contribution in [0.15, 0.2) is 0 Å². The topological polar surface area (TPSA) is 52.6 Å². The van der Waals surface area contributed by atoms with Crippen molar-refractivity contribution in [2.45, 2.75) is 67.1 Å². The lowest BCUT2D eigenvalue weighted by atomic mass is 10.0. The van der Waals surface area contributed by atoms with Gasteiger partial charge in [0.15, 0.2) is 0 Å². The van der Waals surface area contributed by atoms with E-state index in [1.54, 1.807) is 0 Å². The monoisotopic (exact) mass is 538 g/mol. The van der Waals surface area contributed by atoms with Crippen LogP contribution in [0, 0.1) is 5.92 Å². The van der Waals surface area contributed by atoms with Gasteiger partial charge in [-0.25, -0.2) is 0 Å². The molecule has 0 saturated carbocycles. The quantitative estimate of drug-likeness (QED) is 0.157. The van der Waals surface area contributed by atoms with Crippen LogP contribution in [0.1, 0.15) is 59.3 Å². The predicted octanol–water partition coefficient (Wildman–Crippen LogP) is 4.70. The van der Waals surface area contributed by atoms with Gasteiger partial charge in [-0.1, -0.05) is 72.4 Å². The molecule has 0 heterocycles. The van der Waals surface area contributed by atoms with Crippen LogP contribution in [0.3, 0.4) is 0 Å². The van der Waals surface area contributed by atoms with Crippen molar-refractivity contribution in [1.82, 2.24) is 0 Å². The van der Waals surface area contributed by atoms with Crippen molar-refractivity contribution in [2.24, 2.45) is 5.92 Å². The molecule has 0 radical (unpaired) electrons. The van der Waals surface area contributed by atoms with E-state index in [9.17, 15) is 9.59 Å². The van der Waals surface area contributed by atoms with E-state index in [-0.39, 0.29) is 11.9 Å². The second-order valence-electron chi connectivity index (χ2n) is 5.64. The molecule has 0 saturated heterocycles. The van der Waals surface area contributed by atoms with E-state index in [0.29, 0.717) is 39.8 Å². The van der Waals surface area contributed by atoms with Crippen LogP contribution >= 0.6 is 45.2 Å². The van der Waals surface area contributed by atoms with Crippen LogP contribution in [-0.4, -0.2) is 33.0 Å². The summed E-state index contributed by atoms with van der Waals surface area (Å²) in [6.45, 7) is 7.10. The minimum Gasteiger partial charge on any atom is -0.466 e. The third-order valence-electron chi connectivity index (χ3n) is 3.22. The largest absolute Gasteiger partial charge is 0.466 e. The summed E-state index contributed by atoms with van der Waals surface area (Å²) in [5.41, 5.74) is 0. The van der Waals surface area contributed by atoms with Crippen molar-refractivity contribution in [2.75, 3.05) is 13.2 Å². The molecule has 3 unspecified atom stereocenters. The molecule has 0 aliphatic rings. The van der Waals surface area contributed by atoms with Gasteiger partial charge in [-0.3, -0.25) is 9.59 Å². The molecule has 0 bridgehead atoms. The minimum absolute atomic E-state index is 0.109. The lowest BCUT2D eigenvalue weighted by Gasteiger charge is -2.15. The number of halogens is 2. The molecule has 0 aromatic heterocycles. The first-order chi connectivity index (χ1) is 10.3. The molecule has 0 N–H and O–H groups in total. The Morgan fingerprint density at radius 1 is 0.955 bits per heavy atom. The molecule has 22 heavy (non-hydrogen) atoms. The van der Waals surface area contributed by atoms with Gasteiger partial charge in [0, 0.05) is 7.85 Å². The lowest BCUT2D eigenvalue weighted by molar-refractivity contribution is -0.145. The highest BCUT2D eigenvalue weighted by molar-refractivity contribution is 14.1. The SMILES string of the molecule is CCC(CCCCOC(=O)CC(C)I)COC(=O)CC(C)I. The number of alkyl halides is 2. The smallest absolute Gasteiger partial charge is 0.306 e. The zero-order valence-corrected chi connectivity index (χ0v) is 18.1. The molecular formula is C16H28I2O4. The Kier molecular flexibility index (Phi) is 14.1. The summed E-state index contributed by atoms with van der Waals surface area (Å²) in [5.74, 6) is 0.177. The minimum atomic E-state index is -0.115. The Hall–Kier alpha value is 0.400. The standard InChI is InChI=1S/C16H28I2O4/c1-4-14(11-22-16(20)10-13(3)18)7-5-6-8-21-15(19)9-12(2)17/h12-14H,4-11H2,1-3H3. The predicted molar refractivity (Wildman–Crippen MR) is 106 cm³/mol. The Bertz CT molecular complexity index is 319. The number of unbranched alkanes of at least 4 members (excludes halogenated alkanes) is 1. The van der Waals surface area contributed by atoms with E-state index in [4.69, 9.17) is 9.47 Å². The maximum atomic E-state index is 11.5. The first-order valence-electron chi connectivity index (χ1n) is 7.94. The highest BCUT2D eigenvalue weighted by Gasteiger charge is 2.12. The van der Waals surface area contributed by atoms with Crippen LogP contribution < -0.4 is 0 Å². The summed E-state index contributed by atoms with van der Waals surface area (Å²) in [7, 11) is 0. The molecule has 130 valence electrons. The van der Waals surface area contributed by atoms with Gasteiger partial charge >= 0.3 is 11.9 Å². The molecule has 0 amide bonds. The average Bonchev–Trinajstić information content (AvgIpc) is 2.40. The maximum Gasteiger partial charge on any atom is 0.306 e. The highest BCUT2D eigenvalue weighted by atomic mass is 127. The van der Waals surface area contributed by atoms with Gasteiger partial charge in [-0.05, 0) is 25.2 Å². The number of esters is 2. The molecule has 0 rings (SSSR count). The van der Waals surface area contributed by atoms with E-state index < -0.39 is 0 Å². The van der Waals surface area contributed by atoms with Gasteiger partial charge in [0.2, 0.25) is 0 Å². The number of ether oxygens (including phenoxy) is 2. The number of hydrogen-bond acceptors (Lipinski definition) is 4. The number of carbonyl (C=O) groups excluding carboxylic acids is 2. The summed E-state index contributed by atoms with van der Waals surface area (Å²) in [5, 5.41) is 0. The molecule has 4 nitrogen and oxygen atoms in total. The number of rotatable bonds is 12. The van der Waals surface area contributed by atoms with Crippen LogP contribution in [0.25, 0.3) is 0 Å². The van der Waals surface area contributed by atoms with Gasteiger partial charge in [-0.15, -0.1) is 0 Å². The van der Waals surface area contributed by atoms with Crippen molar-refractivity contribution < 1.29 is 19.1 Å². The maximum absolute atomic E-state index is 11.5. The van der Waals surface area contributed by atoms with E-state index in [1.807, 2.05) is 13.8 Å². The summed E-state index contributed by atoms with van der Waals surface area (Å²) in [4.78, 5) is 22.9. The second kappa shape index (κ2) is 13.8. The van der Waals surface area contributed by atoms with Crippen LogP contribution in [0.4, 0.5) is 0 Å². The van der Waals surface area contributed by atoms with E-state index in [2.05, 4.69) is 52.1 Å². The van der Waals surface area contributed by atoms with E-state index >= 15 is 0 Å². The molecule has 6 heteroatoms. The van der Waals surface area contributed by atoms with Crippen molar-refractivity contribution >= 4 is 57.1 Å². The van der Waals surface area contributed by atoms with Gasteiger partial charge in [0.05, 0.1) is 26.1 Å². The van der Waals surface area contributed by atoms with Gasteiger partial charge in [-0.2, -0.15) is 0 Å². The van der Waals surface area contributed by atoms with Gasteiger partial charge in [0.1, 0.15) is 0 Å². The van der Waals surface area contributed by atoms with Crippen molar-refractivity contribution in [3.05, 3.63) is 0 Å². The van der Waals surface area contributed by atoms with Crippen molar-refractivity contribution in [1.29, 1.82) is 0 Å². The molecular weight excluding hydrogens is 510 g/mol. The summed E-state index contributed by atoms with van der Waals surface area (Å²) >= 11 is 4.44. The molecule has 0 spiro atoms. The van der Waals surface area contributed by atoms with E-state index in [0.717, 1.165) is 25.7 Å². The fraction of sp³-hybridized carbons (Fsp3) is 0.875. The van der Waals surface area contributed by atoms with Crippen molar-refractivity contribution in [3.8, 4) is 0 Å². The molecule has 0 fully saturated rings. The van der Waals surface area contributed by atoms with Crippen molar-refractivity contribution in [3.63, 3.8) is 0 Å². The zero-order valence-electron chi connectivity index (χ0n) is 13.8. The number of carbonyl (C=O) groups is 2.